The highest BCUT2D eigenvalue weighted by Gasteiger charge is 2.44. The number of ether oxygens (including phenoxy) is 2. The summed E-state index contributed by atoms with van der Waals surface area (Å²) in [5.41, 5.74) is 9.50. The Morgan fingerprint density at radius 3 is 2.38 bits per heavy atom. The maximum absolute atomic E-state index is 13.8. The Labute approximate surface area is 252 Å². The van der Waals surface area contributed by atoms with Gasteiger partial charge in [0.15, 0.2) is 0 Å². The molecular formula is C30H45N5O6S. The van der Waals surface area contributed by atoms with Gasteiger partial charge in [-0.15, -0.1) is 11.3 Å². The van der Waals surface area contributed by atoms with Crippen molar-refractivity contribution in [2.45, 2.75) is 71.7 Å². The number of likely N-dealkylation sites (tertiary alicyclic amines) is 1. The summed E-state index contributed by atoms with van der Waals surface area (Å²) < 4.78 is 10.7. The molecule has 0 aliphatic carbocycles. The number of aliphatic hydroxyl groups is 1. The number of β-amino-alcohol motifs (C(OH)–C–C–N with tert-alkyl or cyclic N) is 1. The van der Waals surface area contributed by atoms with Crippen molar-refractivity contribution in [1.82, 2.24) is 20.5 Å². The molecule has 3 amide bonds. The van der Waals surface area contributed by atoms with Crippen LogP contribution in [0, 0.1) is 12.3 Å². The summed E-state index contributed by atoms with van der Waals surface area (Å²) in [6.45, 7) is 11.2. The third kappa shape index (κ3) is 9.30. The van der Waals surface area contributed by atoms with Gasteiger partial charge in [-0.05, 0) is 30.4 Å². The van der Waals surface area contributed by atoms with E-state index in [1.54, 1.807) is 11.3 Å². The first-order valence-electron chi connectivity index (χ1n) is 14.4. The fourth-order valence-electron chi connectivity index (χ4n) is 4.82. The van der Waals surface area contributed by atoms with Gasteiger partial charge in [0.2, 0.25) is 17.7 Å². The molecule has 1 aliphatic heterocycles. The van der Waals surface area contributed by atoms with Crippen LogP contribution in [0.3, 0.4) is 0 Å². The van der Waals surface area contributed by atoms with Crippen LogP contribution in [0.5, 0.6) is 0 Å². The predicted octanol–water partition coefficient (Wildman–Crippen LogP) is 2.17. The average Bonchev–Trinajstić information content (AvgIpc) is 3.55. The van der Waals surface area contributed by atoms with E-state index in [9.17, 15) is 19.5 Å². The molecule has 42 heavy (non-hydrogen) atoms. The van der Waals surface area contributed by atoms with Crippen LogP contribution in [0.15, 0.2) is 29.8 Å². The van der Waals surface area contributed by atoms with Gasteiger partial charge in [-0.2, -0.15) is 0 Å². The smallest absolute Gasteiger partial charge is 0.246 e. The second kappa shape index (κ2) is 15.5. The lowest BCUT2D eigenvalue weighted by molar-refractivity contribution is -0.144. The highest BCUT2D eigenvalue weighted by atomic mass is 32.1. The van der Waals surface area contributed by atoms with E-state index in [1.165, 1.54) is 4.90 Å². The zero-order valence-corrected chi connectivity index (χ0v) is 26.0. The number of nitrogens with two attached hydrogens (primary N) is 1. The Morgan fingerprint density at radius 2 is 1.79 bits per heavy atom. The fourth-order valence-corrected chi connectivity index (χ4v) is 5.63. The molecule has 0 bridgehead atoms. The highest BCUT2D eigenvalue weighted by molar-refractivity contribution is 7.13. The maximum Gasteiger partial charge on any atom is 0.246 e. The molecule has 0 saturated carbocycles. The zero-order chi connectivity index (χ0) is 30.9. The van der Waals surface area contributed by atoms with Gasteiger partial charge in [0.25, 0.3) is 0 Å². The number of nitrogens with zero attached hydrogens (tertiary/aromatic N) is 2. The molecule has 1 aromatic heterocycles. The number of nitrogens with one attached hydrogen (secondary N) is 2. The van der Waals surface area contributed by atoms with Crippen LogP contribution in [-0.2, 0) is 23.9 Å². The Morgan fingerprint density at radius 1 is 1.12 bits per heavy atom. The van der Waals surface area contributed by atoms with Gasteiger partial charge >= 0.3 is 0 Å². The Kier molecular flexibility index (Phi) is 12.4. The van der Waals surface area contributed by atoms with Crippen LogP contribution in [0.1, 0.15) is 57.8 Å². The average molecular weight is 604 g/mol. The van der Waals surface area contributed by atoms with Crippen LogP contribution in [0.4, 0.5) is 0 Å². The van der Waals surface area contributed by atoms with Crippen LogP contribution in [0.2, 0.25) is 0 Å². The number of hydrogen-bond donors (Lipinski definition) is 4. The second-order valence-electron chi connectivity index (χ2n) is 11.6. The van der Waals surface area contributed by atoms with Gasteiger partial charge in [-0.3, -0.25) is 14.4 Å². The van der Waals surface area contributed by atoms with Crippen molar-refractivity contribution in [3.8, 4) is 10.4 Å². The molecule has 12 heteroatoms. The molecule has 2 heterocycles. The summed E-state index contributed by atoms with van der Waals surface area (Å²) in [5.74, 6) is -1.09. The summed E-state index contributed by atoms with van der Waals surface area (Å²) >= 11 is 1.58. The Balaban J connectivity index is 1.61. The molecule has 11 nitrogen and oxygen atoms in total. The van der Waals surface area contributed by atoms with Crippen molar-refractivity contribution in [3.05, 3.63) is 41.0 Å². The number of aliphatic hydroxyl groups excluding tert-OH is 1. The summed E-state index contributed by atoms with van der Waals surface area (Å²) in [6, 6.07) is 5.88. The number of thiazole rings is 1. The van der Waals surface area contributed by atoms with E-state index in [4.69, 9.17) is 15.2 Å². The van der Waals surface area contributed by atoms with Gasteiger partial charge in [-0.1, -0.05) is 45.0 Å². The zero-order valence-electron chi connectivity index (χ0n) is 25.2. The van der Waals surface area contributed by atoms with Crippen molar-refractivity contribution < 1.29 is 29.0 Å². The summed E-state index contributed by atoms with van der Waals surface area (Å²) in [5, 5.41) is 16.3. The first-order valence-corrected chi connectivity index (χ1v) is 15.2. The maximum atomic E-state index is 13.8. The van der Waals surface area contributed by atoms with Crippen LogP contribution >= 0.6 is 11.3 Å². The molecule has 1 aliphatic rings. The van der Waals surface area contributed by atoms with Crippen molar-refractivity contribution in [2.75, 3.05) is 39.5 Å². The van der Waals surface area contributed by atoms with Crippen molar-refractivity contribution in [1.29, 1.82) is 0 Å². The van der Waals surface area contributed by atoms with Gasteiger partial charge < -0.3 is 35.8 Å². The summed E-state index contributed by atoms with van der Waals surface area (Å²) in [7, 11) is 0. The molecule has 2 unspecified atom stereocenters. The Hall–Kier alpha value is -2.90. The van der Waals surface area contributed by atoms with Gasteiger partial charge in [-0.25, -0.2) is 4.98 Å². The molecule has 1 saturated heterocycles. The summed E-state index contributed by atoms with van der Waals surface area (Å²) in [6.07, 6.45) is -0.644. The Bertz CT molecular complexity index is 1180. The van der Waals surface area contributed by atoms with E-state index in [2.05, 4.69) is 15.6 Å². The van der Waals surface area contributed by atoms with E-state index in [1.807, 2.05) is 64.4 Å². The predicted molar refractivity (Wildman–Crippen MR) is 162 cm³/mol. The van der Waals surface area contributed by atoms with E-state index in [0.717, 1.165) is 21.7 Å². The number of benzene rings is 1. The molecule has 232 valence electrons. The second-order valence-corrected chi connectivity index (χ2v) is 12.5. The molecule has 1 aromatic carbocycles. The standard InChI is InChI=1S/C30H45N5O6S/c1-19(21-6-8-22(9-7-21)26-20(2)32-18-42-26)33-28(38)24-16-23(36)17-35(24)29(39)27(30(3,4)5)34-25(37)10-12-40-14-15-41-13-11-31/h6-9,18-19,23-24,27,36H,10-17,31H2,1-5H3,(H,33,38)(H,34,37)/t19?,23-,24+,27?/m1/s1. The minimum Gasteiger partial charge on any atom is -0.391 e. The summed E-state index contributed by atoms with van der Waals surface area (Å²) in [4.78, 5) is 46.7. The third-order valence-electron chi connectivity index (χ3n) is 7.17. The van der Waals surface area contributed by atoms with Gasteiger partial charge in [0, 0.05) is 25.9 Å². The molecule has 5 N–H and O–H groups in total. The van der Waals surface area contributed by atoms with Crippen LogP contribution in [0.25, 0.3) is 10.4 Å². The quantitative estimate of drug-likeness (QED) is 0.240. The minimum atomic E-state index is -0.890. The number of rotatable bonds is 14. The molecule has 2 aromatic rings. The third-order valence-corrected chi connectivity index (χ3v) is 8.15. The monoisotopic (exact) mass is 603 g/mol. The van der Waals surface area contributed by atoms with Gasteiger partial charge in [0.05, 0.1) is 54.7 Å². The number of carbonyl (C=O) groups excluding carboxylic acids is 3. The molecule has 0 spiro atoms. The van der Waals surface area contributed by atoms with E-state index in [0.29, 0.717) is 26.4 Å². The minimum absolute atomic E-state index is 0.0164. The van der Waals surface area contributed by atoms with Crippen LogP contribution in [-0.4, -0.2) is 90.4 Å². The lowest BCUT2D eigenvalue weighted by Crippen LogP contribution is -2.58. The van der Waals surface area contributed by atoms with E-state index < -0.39 is 29.5 Å². The van der Waals surface area contributed by atoms with Crippen molar-refractivity contribution in [2.24, 2.45) is 11.1 Å². The number of amides is 3. The molecule has 4 atom stereocenters. The lowest BCUT2D eigenvalue weighted by atomic mass is 9.85. The molecule has 1 fully saturated rings. The van der Waals surface area contributed by atoms with E-state index in [-0.39, 0.29) is 43.8 Å². The fraction of sp³-hybridized carbons (Fsp3) is 0.600. The molecule has 0 radical (unpaired) electrons. The lowest BCUT2D eigenvalue weighted by Gasteiger charge is -2.35. The molecule has 3 rings (SSSR count). The van der Waals surface area contributed by atoms with E-state index >= 15 is 0 Å². The number of hydrogen-bond acceptors (Lipinski definition) is 9. The number of carbonyl (C=O) groups is 3. The van der Waals surface area contributed by atoms with Crippen molar-refractivity contribution in [3.63, 3.8) is 0 Å². The van der Waals surface area contributed by atoms with Crippen molar-refractivity contribution >= 4 is 29.1 Å². The SMILES string of the molecule is Cc1ncsc1-c1ccc(C(C)NC(=O)[C@@H]2C[C@@H](O)CN2C(=O)C(NC(=O)CCOCCOCCN)C(C)(C)C)cc1. The van der Waals surface area contributed by atoms with Gasteiger partial charge in [0.1, 0.15) is 12.1 Å². The number of aryl methyl sites for hydroxylation is 1. The first-order chi connectivity index (χ1) is 19.9. The molecular weight excluding hydrogens is 558 g/mol. The highest BCUT2D eigenvalue weighted by Crippen LogP contribution is 2.29. The first kappa shape index (κ1) is 33.6. The normalized spacial score (nSPS) is 18.5. The van der Waals surface area contributed by atoms with Crippen LogP contribution < -0.4 is 16.4 Å². The topological polar surface area (TPSA) is 156 Å². The largest absolute Gasteiger partial charge is 0.391 e. The number of aromatic nitrogens is 1.